The van der Waals surface area contributed by atoms with Crippen LogP contribution in [0.15, 0.2) is 15.8 Å². The van der Waals surface area contributed by atoms with Crippen LogP contribution in [-0.2, 0) is 11.2 Å². The van der Waals surface area contributed by atoms with Crippen LogP contribution in [0.2, 0.25) is 0 Å². The third kappa shape index (κ3) is 2.22. The molecule has 5 nitrogen and oxygen atoms in total. The van der Waals surface area contributed by atoms with Crippen LogP contribution in [-0.4, -0.2) is 28.5 Å². The van der Waals surface area contributed by atoms with Gasteiger partial charge in [0.2, 0.25) is 0 Å². The van der Waals surface area contributed by atoms with E-state index in [0.29, 0.717) is 12.0 Å². The summed E-state index contributed by atoms with van der Waals surface area (Å²) in [6, 6.07) is 0. The first-order chi connectivity index (χ1) is 8.56. The summed E-state index contributed by atoms with van der Waals surface area (Å²) >= 11 is 0. The molecule has 0 aliphatic carbocycles. The van der Waals surface area contributed by atoms with Crippen molar-refractivity contribution in [1.29, 1.82) is 0 Å². The summed E-state index contributed by atoms with van der Waals surface area (Å²) in [5.41, 5.74) is -0.734. The molecule has 0 saturated carbocycles. The molecule has 0 spiro atoms. The molecule has 1 aromatic heterocycles. The van der Waals surface area contributed by atoms with Crippen molar-refractivity contribution in [3.8, 4) is 0 Å². The molecule has 1 aromatic rings. The number of hydrogen-bond acceptors (Lipinski definition) is 3. The maximum atomic E-state index is 13.4. The Kier molecular flexibility index (Phi) is 3.60. The SMILES string of the molecule is CCc1cn([C@H]2CC(F)[C@@H](CF)O2)c(=O)[nH]c1=O. The van der Waals surface area contributed by atoms with Gasteiger partial charge in [-0.25, -0.2) is 13.6 Å². The van der Waals surface area contributed by atoms with Gasteiger partial charge in [0.05, 0.1) is 0 Å². The van der Waals surface area contributed by atoms with Gasteiger partial charge in [-0.2, -0.15) is 0 Å². The van der Waals surface area contributed by atoms with Crippen molar-refractivity contribution in [3.05, 3.63) is 32.6 Å². The standard InChI is InChI=1S/C11H14F2N2O3/c1-2-6-5-15(11(17)14-10(6)16)9-3-7(13)8(4-12)18-9/h5,7-9H,2-4H2,1H3,(H,14,16,17)/t7?,8-,9-/m1/s1. The molecule has 0 amide bonds. The average molecular weight is 260 g/mol. The van der Waals surface area contributed by atoms with Crippen LogP contribution in [0.5, 0.6) is 0 Å². The van der Waals surface area contributed by atoms with Crippen molar-refractivity contribution in [2.24, 2.45) is 0 Å². The molecule has 1 unspecified atom stereocenters. The minimum Gasteiger partial charge on any atom is -0.349 e. The van der Waals surface area contributed by atoms with Gasteiger partial charge in [-0.15, -0.1) is 0 Å². The molecule has 0 aromatic carbocycles. The lowest BCUT2D eigenvalue weighted by atomic mass is 10.2. The number of aromatic amines is 1. The minimum atomic E-state index is -1.44. The third-order valence-corrected chi connectivity index (χ3v) is 3.05. The van der Waals surface area contributed by atoms with Gasteiger partial charge in [-0.1, -0.05) is 6.92 Å². The van der Waals surface area contributed by atoms with Gasteiger partial charge in [-0.05, 0) is 6.42 Å². The second-order valence-electron chi connectivity index (χ2n) is 4.21. The molecule has 100 valence electrons. The molecule has 7 heteroatoms. The fourth-order valence-corrected chi connectivity index (χ4v) is 1.99. The second-order valence-corrected chi connectivity index (χ2v) is 4.21. The number of alkyl halides is 2. The smallest absolute Gasteiger partial charge is 0.330 e. The van der Waals surface area contributed by atoms with Gasteiger partial charge in [-0.3, -0.25) is 14.3 Å². The molecular formula is C11H14F2N2O3. The summed E-state index contributed by atoms with van der Waals surface area (Å²) < 4.78 is 32.0. The van der Waals surface area contributed by atoms with Crippen LogP contribution in [0.1, 0.15) is 25.1 Å². The zero-order valence-corrected chi connectivity index (χ0v) is 9.86. The van der Waals surface area contributed by atoms with E-state index in [0.717, 1.165) is 4.57 Å². The van der Waals surface area contributed by atoms with Crippen LogP contribution in [0.3, 0.4) is 0 Å². The number of aryl methyl sites for hydroxylation is 1. The number of hydrogen-bond donors (Lipinski definition) is 1. The van der Waals surface area contributed by atoms with Gasteiger partial charge in [0, 0.05) is 18.2 Å². The van der Waals surface area contributed by atoms with Crippen molar-refractivity contribution in [2.45, 2.75) is 38.3 Å². The molecule has 2 rings (SSSR count). The van der Waals surface area contributed by atoms with Crippen LogP contribution >= 0.6 is 0 Å². The topological polar surface area (TPSA) is 64.1 Å². The van der Waals surface area contributed by atoms with Crippen molar-refractivity contribution in [3.63, 3.8) is 0 Å². The van der Waals surface area contributed by atoms with E-state index in [-0.39, 0.29) is 6.42 Å². The Labute approximate surface area is 101 Å². The predicted octanol–water partition coefficient (Wildman–Crippen LogP) is 0.694. The number of halogens is 2. The molecular weight excluding hydrogens is 246 g/mol. The lowest BCUT2D eigenvalue weighted by Gasteiger charge is -2.14. The van der Waals surface area contributed by atoms with E-state index in [1.807, 2.05) is 0 Å². The van der Waals surface area contributed by atoms with Crippen molar-refractivity contribution < 1.29 is 13.5 Å². The first-order valence-corrected chi connectivity index (χ1v) is 5.76. The summed E-state index contributed by atoms with van der Waals surface area (Å²) in [6.45, 7) is 0.827. The number of aromatic nitrogens is 2. The van der Waals surface area contributed by atoms with Crippen LogP contribution in [0, 0.1) is 0 Å². The fraction of sp³-hybridized carbons (Fsp3) is 0.636. The lowest BCUT2D eigenvalue weighted by Crippen LogP contribution is -2.34. The van der Waals surface area contributed by atoms with E-state index in [9.17, 15) is 18.4 Å². The van der Waals surface area contributed by atoms with E-state index >= 15 is 0 Å². The Morgan fingerprint density at radius 1 is 1.56 bits per heavy atom. The molecule has 0 bridgehead atoms. The van der Waals surface area contributed by atoms with Crippen molar-refractivity contribution in [1.82, 2.24) is 9.55 Å². The number of ether oxygens (including phenoxy) is 1. The van der Waals surface area contributed by atoms with Crippen LogP contribution < -0.4 is 11.2 Å². The van der Waals surface area contributed by atoms with E-state index in [4.69, 9.17) is 4.74 Å². The fourth-order valence-electron chi connectivity index (χ4n) is 1.99. The Morgan fingerprint density at radius 3 is 2.83 bits per heavy atom. The van der Waals surface area contributed by atoms with Gasteiger partial charge in [0.1, 0.15) is 25.2 Å². The Morgan fingerprint density at radius 2 is 2.28 bits per heavy atom. The van der Waals surface area contributed by atoms with E-state index in [2.05, 4.69) is 4.98 Å². The summed E-state index contributed by atoms with van der Waals surface area (Å²) in [5.74, 6) is 0. The average Bonchev–Trinajstić information content (AvgIpc) is 2.70. The highest BCUT2D eigenvalue weighted by atomic mass is 19.1. The van der Waals surface area contributed by atoms with Crippen LogP contribution in [0.25, 0.3) is 0 Å². The Bertz CT molecular complexity index is 540. The minimum absolute atomic E-state index is 0.0936. The predicted molar refractivity (Wildman–Crippen MR) is 60.1 cm³/mol. The zero-order chi connectivity index (χ0) is 13.3. The van der Waals surface area contributed by atoms with E-state index in [1.165, 1.54) is 6.20 Å². The number of H-pyrrole nitrogens is 1. The van der Waals surface area contributed by atoms with Gasteiger partial charge in [0.25, 0.3) is 5.56 Å². The Hall–Kier alpha value is -1.50. The highest BCUT2D eigenvalue weighted by Gasteiger charge is 2.36. The van der Waals surface area contributed by atoms with Crippen LogP contribution in [0.4, 0.5) is 8.78 Å². The van der Waals surface area contributed by atoms with E-state index < -0.39 is 36.4 Å². The summed E-state index contributed by atoms with van der Waals surface area (Å²) in [7, 11) is 0. The zero-order valence-electron chi connectivity index (χ0n) is 9.86. The molecule has 1 N–H and O–H groups in total. The molecule has 18 heavy (non-hydrogen) atoms. The number of nitrogens with one attached hydrogen (secondary N) is 1. The normalized spacial score (nSPS) is 27.6. The maximum Gasteiger partial charge on any atom is 0.330 e. The first kappa shape index (κ1) is 12.9. The molecule has 1 saturated heterocycles. The molecule has 0 radical (unpaired) electrons. The second kappa shape index (κ2) is 5.01. The molecule has 1 aliphatic rings. The van der Waals surface area contributed by atoms with Gasteiger partial charge >= 0.3 is 5.69 Å². The van der Waals surface area contributed by atoms with E-state index in [1.54, 1.807) is 6.92 Å². The van der Waals surface area contributed by atoms with Gasteiger partial charge in [0.15, 0.2) is 0 Å². The number of rotatable bonds is 3. The van der Waals surface area contributed by atoms with Crippen molar-refractivity contribution in [2.75, 3.05) is 6.67 Å². The summed E-state index contributed by atoms with van der Waals surface area (Å²) in [4.78, 5) is 25.1. The Balaban J connectivity index is 2.35. The monoisotopic (exact) mass is 260 g/mol. The highest BCUT2D eigenvalue weighted by Crippen LogP contribution is 2.29. The van der Waals surface area contributed by atoms with Gasteiger partial charge < -0.3 is 4.74 Å². The third-order valence-electron chi connectivity index (χ3n) is 3.05. The highest BCUT2D eigenvalue weighted by molar-refractivity contribution is 5.04. The molecule has 2 heterocycles. The maximum absolute atomic E-state index is 13.4. The number of nitrogens with zero attached hydrogens (tertiary/aromatic N) is 1. The lowest BCUT2D eigenvalue weighted by molar-refractivity contribution is -0.0209. The van der Waals surface area contributed by atoms with Crippen molar-refractivity contribution >= 4 is 0 Å². The molecule has 3 atom stereocenters. The summed E-state index contributed by atoms with van der Waals surface area (Å²) in [6.07, 6.45) is -1.75. The quantitative estimate of drug-likeness (QED) is 0.869. The summed E-state index contributed by atoms with van der Waals surface area (Å²) in [5, 5.41) is 0. The largest absolute Gasteiger partial charge is 0.349 e. The molecule has 1 fully saturated rings. The first-order valence-electron chi connectivity index (χ1n) is 5.76. The molecule has 1 aliphatic heterocycles.